The monoisotopic (exact) mass is 426 g/mol. The number of hydrogen-bond acceptors (Lipinski definition) is 4. The molecule has 31 heavy (non-hydrogen) atoms. The van der Waals surface area contributed by atoms with E-state index >= 15 is 0 Å². The number of aliphatic hydroxyl groups excluding tert-OH is 2. The first-order chi connectivity index (χ1) is 14.7. The summed E-state index contributed by atoms with van der Waals surface area (Å²) in [6, 6.07) is 0. The Morgan fingerprint density at radius 2 is 1.94 bits per heavy atom. The topological polar surface area (TPSA) is 74.6 Å². The number of carbonyl (C=O) groups excluding carboxylic acids is 2. The summed E-state index contributed by atoms with van der Waals surface area (Å²) in [5, 5.41) is 20.1. The zero-order chi connectivity index (χ0) is 22.3. The normalized spacial score (nSPS) is 39.5. The molecule has 0 aromatic carbocycles. The third-order valence-corrected chi connectivity index (χ3v) is 8.79. The molecule has 0 heterocycles. The fourth-order valence-electron chi connectivity index (χ4n) is 6.67. The van der Waals surface area contributed by atoms with Crippen LogP contribution in [0.4, 0.5) is 0 Å². The molecule has 4 rings (SSSR count). The number of aliphatic hydroxyl groups is 2. The average molecular weight is 427 g/mol. The van der Waals surface area contributed by atoms with E-state index in [2.05, 4.69) is 32.6 Å². The van der Waals surface area contributed by atoms with Crippen LogP contribution in [-0.2, 0) is 9.59 Å². The van der Waals surface area contributed by atoms with E-state index in [0.29, 0.717) is 24.7 Å². The van der Waals surface area contributed by atoms with E-state index in [0.717, 1.165) is 56.1 Å². The van der Waals surface area contributed by atoms with Gasteiger partial charge in [0.15, 0.2) is 0 Å². The number of rotatable bonds is 6. The summed E-state index contributed by atoms with van der Waals surface area (Å²) in [6.45, 7) is 8.43. The van der Waals surface area contributed by atoms with Crippen molar-refractivity contribution in [2.45, 2.75) is 90.3 Å². The first-order valence-electron chi connectivity index (χ1n) is 12.2. The number of carbonyl (C=O) groups is 2. The van der Waals surface area contributed by atoms with Gasteiger partial charge in [0, 0.05) is 18.3 Å². The Hall–Kier alpha value is -1.52. The van der Waals surface area contributed by atoms with Gasteiger partial charge in [0.1, 0.15) is 11.6 Å². The third-order valence-electron chi connectivity index (χ3n) is 8.79. The zero-order valence-electron chi connectivity index (χ0n) is 19.1. The van der Waals surface area contributed by atoms with Crippen LogP contribution >= 0.6 is 0 Å². The van der Waals surface area contributed by atoms with Crippen LogP contribution < -0.4 is 0 Å². The summed E-state index contributed by atoms with van der Waals surface area (Å²) < 4.78 is 0. The van der Waals surface area contributed by atoms with Crippen molar-refractivity contribution in [3.05, 3.63) is 35.5 Å². The maximum atomic E-state index is 12.9. The van der Waals surface area contributed by atoms with Gasteiger partial charge in [0.25, 0.3) is 0 Å². The van der Waals surface area contributed by atoms with E-state index < -0.39 is 12.2 Å². The third kappa shape index (κ3) is 4.52. The van der Waals surface area contributed by atoms with Gasteiger partial charge in [-0.15, -0.1) is 0 Å². The van der Waals surface area contributed by atoms with Gasteiger partial charge < -0.3 is 10.2 Å². The molecule has 0 saturated heterocycles. The Bertz CT molecular complexity index is 817. The molecule has 0 aromatic heterocycles. The van der Waals surface area contributed by atoms with E-state index in [1.165, 1.54) is 5.57 Å². The summed E-state index contributed by atoms with van der Waals surface area (Å²) in [7, 11) is 0. The van der Waals surface area contributed by atoms with Crippen molar-refractivity contribution in [2.75, 3.05) is 0 Å². The number of allylic oxidation sites excluding steroid dienone is 3. The highest BCUT2D eigenvalue weighted by Crippen LogP contribution is 2.59. The molecule has 0 spiro atoms. The molecule has 4 heteroatoms. The number of fused-ring (bicyclic) bond motifs is 1. The first-order valence-corrected chi connectivity index (χ1v) is 12.2. The molecule has 6 atom stereocenters. The number of ketones is 2. The van der Waals surface area contributed by atoms with Gasteiger partial charge in [-0.2, -0.15) is 0 Å². The van der Waals surface area contributed by atoms with Gasteiger partial charge in [-0.1, -0.05) is 38.2 Å². The van der Waals surface area contributed by atoms with Crippen LogP contribution in [0.25, 0.3) is 0 Å². The molecule has 0 radical (unpaired) electrons. The van der Waals surface area contributed by atoms with E-state index in [1.54, 1.807) is 0 Å². The lowest BCUT2D eigenvalue weighted by molar-refractivity contribution is -0.131. The lowest BCUT2D eigenvalue weighted by Crippen LogP contribution is -2.38. The number of Topliss-reactive ketones (excluding diaryl/α,β-unsaturated/α-hetero) is 2. The second-order valence-corrected chi connectivity index (χ2v) is 10.8. The molecule has 0 aliphatic heterocycles. The summed E-state index contributed by atoms with van der Waals surface area (Å²) in [5.41, 5.74) is 3.20. The fraction of sp³-hybridized carbons (Fsp3) is 0.704. The Balaban J connectivity index is 1.49. The van der Waals surface area contributed by atoms with Crippen LogP contribution in [0.3, 0.4) is 0 Å². The molecule has 170 valence electrons. The largest absolute Gasteiger partial charge is 0.393 e. The molecule has 4 aliphatic rings. The second kappa shape index (κ2) is 8.78. The minimum absolute atomic E-state index is 0.0566. The lowest BCUT2D eigenvalue weighted by Gasteiger charge is -2.44. The van der Waals surface area contributed by atoms with E-state index in [-0.39, 0.29) is 35.2 Å². The van der Waals surface area contributed by atoms with Crippen molar-refractivity contribution in [3.63, 3.8) is 0 Å². The van der Waals surface area contributed by atoms with Crippen LogP contribution in [0.1, 0.15) is 78.1 Å². The van der Waals surface area contributed by atoms with Crippen LogP contribution in [0, 0.1) is 29.1 Å². The van der Waals surface area contributed by atoms with Gasteiger partial charge in [0.2, 0.25) is 0 Å². The Kier molecular flexibility index (Phi) is 6.42. The van der Waals surface area contributed by atoms with Crippen molar-refractivity contribution in [1.82, 2.24) is 0 Å². The molecule has 2 N–H and O–H groups in total. The Morgan fingerprint density at radius 1 is 1.19 bits per heavy atom. The quantitative estimate of drug-likeness (QED) is 0.604. The minimum Gasteiger partial charge on any atom is -0.393 e. The predicted molar refractivity (Wildman–Crippen MR) is 121 cm³/mol. The highest BCUT2D eigenvalue weighted by Gasteiger charge is 2.52. The van der Waals surface area contributed by atoms with Crippen molar-refractivity contribution >= 4 is 11.6 Å². The highest BCUT2D eigenvalue weighted by molar-refractivity contribution is 6.01. The van der Waals surface area contributed by atoms with E-state index in [1.807, 2.05) is 0 Å². The van der Waals surface area contributed by atoms with Crippen LogP contribution in [-0.4, -0.2) is 34.0 Å². The smallest absolute Gasteiger partial charge is 0.143 e. The highest BCUT2D eigenvalue weighted by atomic mass is 16.3. The molecule has 4 fully saturated rings. The van der Waals surface area contributed by atoms with Crippen molar-refractivity contribution < 1.29 is 19.8 Å². The molecule has 4 nitrogen and oxygen atoms in total. The van der Waals surface area contributed by atoms with Gasteiger partial charge in [-0.25, -0.2) is 0 Å². The van der Waals surface area contributed by atoms with Gasteiger partial charge in [0.05, 0.1) is 18.6 Å². The van der Waals surface area contributed by atoms with Crippen molar-refractivity contribution in [3.8, 4) is 0 Å². The second-order valence-electron chi connectivity index (χ2n) is 10.8. The predicted octanol–water partition coefficient (Wildman–Crippen LogP) is 4.70. The number of hydrogen-bond donors (Lipinski definition) is 2. The van der Waals surface area contributed by atoms with Gasteiger partial charge >= 0.3 is 0 Å². The van der Waals surface area contributed by atoms with Crippen LogP contribution in [0.2, 0.25) is 0 Å². The van der Waals surface area contributed by atoms with Crippen LogP contribution in [0.5, 0.6) is 0 Å². The zero-order valence-corrected chi connectivity index (χ0v) is 19.1. The molecule has 0 bridgehead atoms. The Labute approximate surface area is 186 Å². The minimum atomic E-state index is -0.661. The van der Waals surface area contributed by atoms with Gasteiger partial charge in [-0.3, -0.25) is 9.59 Å². The summed E-state index contributed by atoms with van der Waals surface area (Å²) in [5.74, 6) is 1.20. The Morgan fingerprint density at radius 3 is 2.65 bits per heavy atom. The van der Waals surface area contributed by atoms with Crippen molar-refractivity contribution in [2.24, 2.45) is 29.1 Å². The van der Waals surface area contributed by atoms with Gasteiger partial charge in [-0.05, 0) is 79.8 Å². The van der Waals surface area contributed by atoms with E-state index in [9.17, 15) is 19.8 Å². The standard InChI is InChI=1S/C27H38O4/c1-16-20(13-21(28)14-24(16)29)9-6-18-5-4-12-27(3)22(10-11-23(18)27)17(2)25(30)15-26(31)19-7-8-19/h6,9,17,19,21-24,28-29H,1,4-5,7-8,10-15H2,2-3H3/b18-6+,20-9-/t17-,21+,22+,23?,24-,27+/m0/s1. The lowest BCUT2D eigenvalue weighted by atomic mass is 9.60. The molecule has 0 aromatic rings. The average Bonchev–Trinajstić information content (AvgIpc) is 3.51. The van der Waals surface area contributed by atoms with Crippen LogP contribution in [0.15, 0.2) is 35.5 Å². The molecule has 4 aliphatic carbocycles. The van der Waals surface area contributed by atoms with E-state index in [4.69, 9.17) is 0 Å². The molecular weight excluding hydrogens is 388 g/mol. The molecular formula is C27H38O4. The maximum Gasteiger partial charge on any atom is 0.143 e. The maximum absolute atomic E-state index is 12.9. The molecule has 4 saturated carbocycles. The summed E-state index contributed by atoms with van der Waals surface area (Å²) >= 11 is 0. The fourth-order valence-corrected chi connectivity index (χ4v) is 6.67. The summed E-state index contributed by atoms with van der Waals surface area (Å²) in [4.78, 5) is 25.1. The molecule has 1 unspecified atom stereocenters. The molecule has 0 amide bonds. The SMILES string of the molecule is C=C1/C(=C\C=C2/CCC[C@@]3(C)C2CC[C@@H]3[C@H](C)C(=O)CC(=O)C2CC2)C[C@@H](O)C[C@@H]1O. The van der Waals surface area contributed by atoms with Crippen molar-refractivity contribution in [1.29, 1.82) is 0 Å². The summed E-state index contributed by atoms with van der Waals surface area (Å²) in [6.07, 6.45) is 11.5. The first kappa shape index (κ1) is 22.7.